The highest BCUT2D eigenvalue weighted by Gasteiger charge is 2.17. The van der Waals surface area contributed by atoms with Gasteiger partial charge in [0.2, 0.25) is 5.91 Å². The van der Waals surface area contributed by atoms with Gasteiger partial charge in [0.25, 0.3) is 0 Å². The van der Waals surface area contributed by atoms with Gasteiger partial charge in [-0.3, -0.25) is 4.79 Å². The van der Waals surface area contributed by atoms with Crippen molar-refractivity contribution in [2.45, 2.75) is 25.4 Å². The number of carbonyl (C=O) groups is 1. The van der Waals surface area contributed by atoms with Gasteiger partial charge in [-0.15, -0.1) is 0 Å². The molecule has 0 radical (unpaired) electrons. The number of ether oxygens (including phenoxy) is 1. The van der Waals surface area contributed by atoms with Gasteiger partial charge < -0.3 is 15.4 Å². The lowest BCUT2D eigenvalue weighted by Gasteiger charge is -2.21. The molecule has 1 unspecified atom stereocenters. The third-order valence-electron chi connectivity index (χ3n) is 2.96. The van der Waals surface area contributed by atoms with Crippen LogP contribution in [0.4, 0.5) is 0 Å². The van der Waals surface area contributed by atoms with E-state index >= 15 is 0 Å². The summed E-state index contributed by atoms with van der Waals surface area (Å²) in [7, 11) is 3.35. The number of methoxy groups -OCH3 is 1. The first-order chi connectivity index (χ1) is 9.45. The van der Waals surface area contributed by atoms with Crippen LogP contribution < -0.4 is 5.73 Å². The van der Waals surface area contributed by atoms with E-state index in [1.807, 2.05) is 6.07 Å². The molecule has 20 heavy (non-hydrogen) atoms. The second kappa shape index (κ2) is 8.47. The first kappa shape index (κ1) is 17.2. The summed E-state index contributed by atoms with van der Waals surface area (Å²) in [5.41, 5.74) is 6.79. The summed E-state index contributed by atoms with van der Waals surface area (Å²) in [5, 5.41) is 0.982. The predicted molar refractivity (Wildman–Crippen MR) is 82.0 cm³/mol. The third-order valence-corrected chi connectivity index (χ3v) is 3.70. The Balaban J connectivity index is 2.54. The zero-order valence-corrected chi connectivity index (χ0v) is 13.2. The molecule has 0 aliphatic carbocycles. The molecule has 1 rings (SSSR count). The Morgan fingerprint density at radius 3 is 2.70 bits per heavy atom. The van der Waals surface area contributed by atoms with Crippen LogP contribution in [-0.4, -0.2) is 37.6 Å². The summed E-state index contributed by atoms with van der Waals surface area (Å²) in [6.45, 7) is 1.06. The molecule has 0 fully saturated rings. The Kier molecular flexibility index (Phi) is 7.30. The van der Waals surface area contributed by atoms with Crippen molar-refractivity contribution >= 4 is 29.1 Å². The maximum Gasteiger partial charge on any atom is 0.239 e. The molecule has 6 heteroatoms. The molecule has 0 saturated heterocycles. The monoisotopic (exact) mass is 318 g/mol. The number of nitrogens with two attached hydrogens (primary N) is 1. The number of likely N-dealkylation sites (N-methyl/N-ethyl adjacent to an activating group) is 1. The van der Waals surface area contributed by atoms with Crippen LogP contribution in [-0.2, 0) is 16.1 Å². The fourth-order valence-electron chi connectivity index (χ4n) is 1.84. The summed E-state index contributed by atoms with van der Waals surface area (Å²) < 4.78 is 4.94. The van der Waals surface area contributed by atoms with E-state index in [0.717, 1.165) is 12.0 Å². The summed E-state index contributed by atoms with van der Waals surface area (Å²) in [4.78, 5) is 13.7. The minimum absolute atomic E-state index is 0.0906. The van der Waals surface area contributed by atoms with Crippen LogP contribution in [0.15, 0.2) is 18.2 Å². The second-order valence-electron chi connectivity index (χ2n) is 4.68. The van der Waals surface area contributed by atoms with Gasteiger partial charge in [-0.05, 0) is 30.5 Å². The first-order valence-electron chi connectivity index (χ1n) is 6.39. The maximum absolute atomic E-state index is 12.1. The molecule has 1 aromatic carbocycles. The Morgan fingerprint density at radius 2 is 2.10 bits per heavy atom. The molecule has 0 aliphatic rings. The molecule has 2 N–H and O–H groups in total. The van der Waals surface area contributed by atoms with Crippen molar-refractivity contribution in [3.8, 4) is 0 Å². The molecule has 0 aromatic heterocycles. The van der Waals surface area contributed by atoms with E-state index in [2.05, 4.69) is 0 Å². The van der Waals surface area contributed by atoms with Gasteiger partial charge in [0, 0.05) is 27.3 Å². The normalized spacial score (nSPS) is 12.2. The summed E-state index contributed by atoms with van der Waals surface area (Å²) in [6, 6.07) is 4.81. The van der Waals surface area contributed by atoms with Gasteiger partial charge in [0.1, 0.15) is 0 Å². The molecule has 112 valence electrons. The number of halogens is 2. The fourth-order valence-corrected chi connectivity index (χ4v) is 2.16. The van der Waals surface area contributed by atoms with E-state index in [9.17, 15) is 4.79 Å². The Bertz CT molecular complexity index is 455. The quantitative estimate of drug-likeness (QED) is 0.786. The smallest absolute Gasteiger partial charge is 0.239 e. The molecular weight excluding hydrogens is 299 g/mol. The second-order valence-corrected chi connectivity index (χ2v) is 5.50. The van der Waals surface area contributed by atoms with Gasteiger partial charge in [-0.2, -0.15) is 0 Å². The number of hydrogen-bond donors (Lipinski definition) is 1. The number of amides is 1. The van der Waals surface area contributed by atoms with E-state index < -0.39 is 6.04 Å². The standard InChI is InChI=1S/C14H20Cl2N2O2/c1-18(14(19)13(17)4-3-7-20-2)9-10-5-6-11(15)12(16)8-10/h5-6,8,13H,3-4,7,9,17H2,1-2H3. The van der Waals surface area contributed by atoms with Gasteiger partial charge in [0.15, 0.2) is 0 Å². The van der Waals surface area contributed by atoms with Crippen molar-refractivity contribution in [2.75, 3.05) is 20.8 Å². The highest BCUT2D eigenvalue weighted by Crippen LogP contribution is 2.23. The van der Waals surface area contributed by atoms with Crippen LogP contribution in [0.3, 0.4) is 0 Å². The van der Waals surface area contributed by atoms with Crippen LogP contribution in [0.5, 0.6) is 0 Å². The van der Waals surface area contributed by atoms with Crippen molar-refractivity contribution < 1.29 is 9.53 Å². The molecule has 4 nitrogen and oxygen atoms in total. The molecule has 0 spiro atoms. The summed E-state index contributed by atoms with van der Waals surface area (Å²) >= 11 is 11.8. The number of nitrogens with zero attached hydrogens (tertiary/aromatic N) is 1. The zero-order chi connectivity index (χ0) is 15.1. The van der Waals surface area contributed by atoms with Crippen molar-refractivity contribution in [3.05, 3.63) is 33.8 Å². The fraction of sp³-hybridized carbons (Fsp3) is 0.500. The molecule has 0 bridgehead atoms. The SMILES string of the molecule is COCCCC(N)C(=O)N(C)Cc1ccc(Cl)c(Cl)c1. The molecule has 1 amide bonds. The van der Waals surface area contributed by atoms with Gasteiger partial charge in [0.05, 0.1) is 16.1 Å². The first-order valence-corrected chi connectivity index (χ1v) is 7.14. The zero-order valence-electron chi connectivity index (χ0n) is 11.7. The van der Waals surface area contributed by atoms with Crippen LogP contribution in [0.1, 0.15) is 18.4 Å². The van der Waals surface area contributed by atoms with Crippen LogP contribution >= 0.6 is 23.2 Å². The number of rotatable bonds is 7. The van der Waals surface area contributed by atoms with Crippen molar-refractivity contribution in [1.29, 1.82) is 0 Å². The molecule has 0 saturated carbocycles. The lowest BCUT2D eigenvalue weighted by Crippen LogP contribution is -2.41. The van der Waals surface area contributed by atoms with Gasteiger partial charge >= 0.3 is 0 Å². The minimum Gasteiger partial charge on any atom is -0.385 e. The lowest BCUT2D eigenvalue weighted by molar-refractivity contribution is -0.132. The van der Waals surface area contributed by atoms with E-state index in [0.29, 0.717) is 29.6 Å². The number of carbonyl (C=O) groups excluding carboxylic acids is 1. The Morgan fingerprint density at radius 1 is 1.40 bits per heavy atom. The van der Waals surface area contributed by atoms with E-state index in [1.165, 1.54) is 0 Å². The highest BCUT2D eigenvalue weighted by molar-refractivity contribution is 6.42. The van der Waals surface area contributed by atoms with E-state index in [4.69, 9.17) is 33.7 Å². The van der Waals surface area contributed by atoms with Crippen molar-refractivity contribution in [3.63, 3.8) is 0 Å². The van der Waals surface area contributed by atoms with Crippen LogP contribution in [0.2, 0.25) is 10.0 Å². The highest BCUT2D eigenvalue weighted by atomic mass is 35.5. The van der Waals surface area contributed by atoms with Crippen molar-refractivity contribution in [1.82, 2.24) is 4.90 Å². The van der Waals surface area contributed by atoms with Crippen LogP contribution in [0, 0.1) is 0 Å². The van der Waals surface area contributed by atoms with Crippen molar-refractivity contribution in [2.24, 2.45) is 5.73 Å². The van der Waals surface area contributed by atoms with Crippen LogP contribution in [0.25, 0.3) is 0 Å². The van der Waals surface area contributed by atoms with E-state index in [1.54, 1.807) is 31.2 Å². The lowest BCUT2D eigenvalue weighted by atomic mass is 10.1. The summed E-state index contributed by atoms with van der Waals surface area (Å²) in [5.74, 6) is -0.0906. The Labute approximate surface area is 129 Å². The molecule has 0 heterocycles. The largest absolute Gasteiger partial charge is 0.385 e. The van der Waals surface area contributed by atoms with E-state index in [-0.39, 0.29) is 5.91 Å². The molecule has 1 aromatic rings. The Hall–Kier alpha value is -0.810. The topological polar surface area (TPSA) is 55.6 Å². The molecule has 0 aliphatic heterocycles. The number of benzene rings is 1. The predicted octanol–water partition coefficient (Wildman–Crippen LogP) is 2.71. The summed E-state index contributed by atoms with van der Waals surface area (Å²) in [6.07, 6.45) is 1.38. The molecular formula is C14H20Cl2N2O2. The molecule has 1 atom stereocenters. The average molecular weight is 319 g/mol. The minimum atomic E-state index is -0.502. The van der Waals surface area contributed by atoms with Gasteiger partial charge in [-0.1, -0.05) is 29.3 Å². The van der Waals surface area contributed by atoms with Gasteiger partial charge in [-0.25, -0.2) is 0 Å². The third kappa shape index (κ3) is 5.29. The number of hydrogen-bond acceptors (Lipinski definition) is 3. The average Bonchev–Trinajstić information content (AvgIpc) is 2.42. The maximum atomic E-state index is 12.1.